The van der Waals surface area contributed by atoms with E-state index in [0.717, 1.165) is 15.9 Å². The van der Waals surface area contributed by atoms with Gasteiger partial charge in [0.15, 0.2) is 5.82 Å². The van der Waals surface area contributed by atoms with Crippen molar-refractivity contribution in [3.05, 3.63) is 54.4 Å². The Morgan fingerprint density at radius 2 is 1.89 bits per heavy atom. The zero-order valence-electron chi connectivity index (χ0n) is 14.3. The number of aromatic nitrogens is 5. The van der Waals surface area contributed by atoms with Crippen molar-refractivity contribution >= 4 is 22.8 Å². The first-order chi connectivity index (χ1) is 13.2. The van der Waals surface area contributed by atoms with Crippen LogP contribution in [0.4, 0.5) is 8.78 Å². The lowest BCUT2D eigenvalue weighted by Gasteiger charge is -2.06. The molecule has 138 valence electrons. The molecule has 0 radical (unpaired) electrons. The highest BCUT2D eigenvalue weighted by Crippen LogP contribution is 2.28. The van der Waals surface area contributed by atoms with Crippen LogP contribution in [0.2, 0.25) is 0 Å². The van der Waals surface area contributed by atoms with E-state index < -0.39 is 6.55 Å². The van der Waals surface area contributed by atoms with Crippen molar-refractivity contribution in [2.45, 2.75) is 17.5 Å². The maximum absolute atomic E-state index is 13.5. The van der Waals surface area contributed by atoms with E-state index in [4.69, 9.17) is 4.74 Å². The molecule has 0 amide bonds. The van der Waals surface area contributed by atoms with Crippen LogP contribution in [0.1, 0.15) is 12.4 Å². The van der Waals surface area contributed by atoms with E-state index in [1.54, 1.807) is 31.4 Å². The fourth-order valence-corrected chi connectivity index (χ4v) is 3.46. The van der Waals surface area contributed by atoms with Gasteiger partial charge in [0, 0.05) is 5.56 Å². The quantitative estimate of drug-likeness (QED) is 0.493. The Morgan fingerprint density at radius 3 is 2.63 bits per heavy atom. The smallest absolute Gasteiger partial charge is 0.320 e. The number of thioether (sulfide) groups is 1. The molecule has 0 aliphatic heterocycles. The molecule has 0 spiro atoms. The second kappa shape index (κ2) is 7.36. The largest absolute Gasteiger partial charge is 0.497 e. The van der Waals surface area contributed by atoms with Crippen LogP contribution in [-0.4, -0.2) is 31.8 Å². The average Bonchev–Trinajstić information content (AvgIpc) is 3.30. The number of H-pyrrole nitrogens is 1. The lowest BCUT2D eigenvalue weighted by atomic mass is 10.2. The number of methoxy groups -OCH3 is 1. The van der Waals surface area contributed by atoms with Crippen LogP contribution in [0, 0.1) is 0 Å². The van der Waals surface area contributed by atoms with E-state index >= 15 is 0 Å². The van der Waals surface area contributed by atoms with Gasteiger partial charge in [0.25, 0.3) is 0 Å². The average molecular weight is 387 g/mol. The van der Waals surface area contributed by atoms with Crippen molar-refractivity contribution in [3.63, 3.8) is 0 Å². The molecule has 2 heterocycles. The Balaban J connectivity index is 1.53. The molecule has 0 aliphatic rings. The molecule has 4 aromatic rings. The third-order valence-corrected chi connectivity index (χ3v) is 4.87. The molecule has 6 nitrogen and oxygen atoms in total. The van der Waals surface area contributed by atoms with E-state index in [9.17, 15) is 8.78 Å². The zero-order chi connectivity index (χ0) is 18.8. The summed E-state index contributed by atoms with van der Waals surface area (Å²) in [6, 6.07) is 14.2. The van der Waals surface area contributed by atoms with E-state index in [-0.39, 0.29) is 11.6 Å². The summed E-state index contributed by atoms with van der Waals surface area (Å²) in [5.41, 5.74) is 1.81. The number of ether oxygens (including phenoxy) is 1. The van der Waals surface area contributed by atoms with E-state index in [0.29, 0.717) is 22.0 Å². The van der Waals surface area contributed by atoms with Gasteiger partial charge in [0.1, 0.15) is 11.6 Å². The van der Waals surface area contributed by atoms with Gasteiger partial charge < -0.3 is 4.74 Å². The van der Waals surface area contributed by atoms with E-state index in [2.05, 4.69) is 20.2 Å². The Kier molecular flexibility index (Phi) is 4.76. The zero-order valence-corrected chi connectivity index (χ0v) is 15.1. The number of halogens is 2. The Hall–Kier alpha value is -2.94. The minimum Gasteiger partial charge on any atom is -0.497 e. The third-order valence-electron chi connectivity index (χ3n) is 4.02. The first-order valence-electron chi connectivity index (χ1n) is 8.09. The molecule has 1 N–H and O–H groups in total. The minimum atomic E-state index is -2.66. The normalized spacial score (nSPS) is 11.4. The maximum atomic E-state index is 13.5. The summed E-state index contributed by atoms with van der Waals surface area (Å²) in [4.78, 5) is 8.73. The number of fused-ring (bicyclic) bond motifs is 1. The van der Waals surface area contributed by atoms with Crippen molar-refractivity contribution < 1.29 is 13.5 Å². The molecule has 0 saturated heterocycles. The van der Waals surface area contributed by atoms with Crippen LogP contribution < -0.4 is 4.74 Å². The molecule has 2 aromatic carbocycles. The monoisotopic (exact) mass is 387 g/mol. The number of imidazole rings is 1. The van der Waals surface area contributed by atoms with E-state index in [1.165, 1.54) is 11.8 Å². The summed E-state index contributed by atoms with van der Waals surface area (Å²) in [6.45, 7) is -2.66. The number of rotatable bonds is 6. The molecule has 0 saturated carbocycles. The molecule has 27 heavy (non-hydrogen) atoms. The highest BCUT2D eigenvalue weighted by Gasteiger charge is 2.18. The molecule has 0 bridgehead atoms. The first kappa shape index (κ1) is 17.5. The van der Waals surface area contributed by atoms with Crippen LogP contribution in [0.5, 0.6) is 5.75 Å². The summed E-state index contributed by atoms with van der Waals surface area (Å²) in [5, 5.41) is 7.48. The van der Waals surface area contributed by atoms with Gasteiger partial charge in [-0.1, -0.05) is 23.9 Å². The number of hydrogen-bond donors (Lipinski definition) is 1. The fourth-order valence-electron chi connectivity index (χ4n) is 2.73. The van der Waals surface area contributed by atoms with Crippen molar-refractivity contribution in [1.29, 1.82) is 0 Å². The second-order valence-electron chi connectivity index (χ2n) is 5.65. The van der Waals surface area contributed by atoms with Gasteiger partial charge in [-0.3, -0.25) is 9.67 Å². The number of benzene rings is 2. The summed E-state index contributed by atoms with van der Waals surface area (Å²) in [5.74, 6) is 1.87. The standard InChI is InChI=1S/C18H15F2N5OS/c1-26-12-8-6-11(7-9-12)16-22-18(24-23-16)27-10-15-21-13-4-2-3-5-14(13)25(15)17(19)20/h2-9,17H,10H2,1H3,(H,22,23,24). The lowest BCUT2D eigenvalue weighted by molar-refractivity contribution is 0.0722. The van der Waals surface area contributed by atoms with E-state index in [1.807, 2.05) is 24.3 Å². The molecular weight excluding hydrogens is 372 g/mol. The predicted octanol–water partition coefficient (Wildman–Crippen LogP) is 4.52. The van der Waals surface area contributed by atoms with Crippen LogP contribution in [-0.2, 0) is 5.75 Å². The van der Waals surface area contributed by atoms with Gasteiger partial charge in [-0.15, -0.1) is 5.10 Å². The number of alkyl halides is 2. The molecule has 2 aromatic heterocycles. The number of nitrogens with one attached hydrogen (secondary N) is 1. The molecule has 4 rings (SSSR count). The maximum Gasteiger partial charge on any atom is 0.320 e. The summed E-state index contributed by atoms with van der Waals surface area (Å²) < 4.78 is 33.0. The summed E-state index contributed by atoms with van der Waals surface area (Å²) >= 11 is 1.25. The molecular formula is C18H15F2N5OS. The van der Waals surface area contributed by atoms with Crippen LogP contribution in [0.15, 0.2) is 53.7 Å². The van der Waals surface area contributed by atoms with Crippen molar-refractivity contribution in [2.75, 3.05) is 7.11 Å². The van der Waals surface area contributed by atoms with Crippen molar-refractivity contribution in [3.8, 4) is 17.1 Å². The highest BCUT2D eigenvalue weighted by molar-refractivity contribution is 7.98. The van der Waals surface area contributed by atoms with Gasteiger partial charge >= 0.3 is 6.55 Å². The van der Waals surface area contributed by atoms with Crippen molar-refractivity contribution in [1.82, 2.24) is 24.7 Å². The molecule has 0 unspecified atom stereocenters. The fraction of sp³-hybridized carbons (Fsp3) is 0.167. The minimum absolute atomic E-state index is 0.235. The van der Waals surface area contributed by atoms with Gasteiger partial charge in [-0.2, -0.15) is 8.78 Å². The number of aromatic amines is 1. The Labute approximate surface area is 157 Å². The van der Waals surface area contributed by atoms with Crippen LogP contribution in [0.25, 0.3) is 22.4 Å². The van der Waals surface area contributed by atoms with Crippen molar-refractivity contribution in [2.24, 2.45) is 0 Å². The topological polar surface area (TPSA) is 68.6 Å². The van der Waals surface area contributed by atoms with Gasteiger partial charge in [0.2, 0.25) is 5.16 Å². The Bertz CT molecular complexity index is 1060. The summed E-state index contributed by atoms with van der Waals surface area (Å²) in [6.07, 6.45) is 0. The number of hydrogen-bond acceptors (Lipinski definition) is 5. The Morgan fingerprint density at radius 1 is 1.11 bits per heavy atom. The second-order valence-corrected chi connectivity index (χ2v) is 6.59. The van der Waals surface area contributed by atoms with Gasteiger partial charge in [0.05, 0.1) is 23.9 Å². The number of nitrogens with zero attached hydrogens (tertiary/aromatic N) is 4. The lowest BCUT2D eigenvalue weighted by Crippen LogP contribution is -2.03. The molecule has 0 fully saturated rings. The predicted molar refractivity (Wildman–Crippen MR) is 98.9 cm³/mol. The van der Waals surface area contributed by atoms with Gasteiger partial charge in [-0.25, -0.2) is 9.97 Å². The highest BCUT2D eigenvalue weighted by atomic mass is 32.2. The molecule has 9 heteroatoms. The molecule has 0 atom stereocenters. The van der Waals surface area contributed by atoms with Crippen LogP contribution in [0.3, 0.4) is 0 Å². The third kappa shape index (κ3) is 3.50. The van der Waals surface area contributed by atoms with Gasteiger partial charge in [-0.05, 0) is 36.4 Å². The van der Waals surface area contributed by atoms with Crippen LogP contribution >= 0.6 is 11.8 Å². The summed E-state index contributed by atoms with van der Waals surface area (Å²) in [7, 11) is 1.60. The number of para-hydroxylation sites is 2. The molecule has 0 aliphatic carbocycles. The first-order valence-corrected chi connectivity index (χ1v) is 9.08. The SMILES string of the molecule is COc1ccc(-c2nc(SCc3nc4ccccc4n3C(F)F)n[nH]2)cc1.